The van der Waals surface area contributed by atoms with Crippen LogP contribution >= 0.6 is 0 Å². The number of nitrogen functional groups attached to an aromatic ring is 1. The normalized spacial score (nSPS) is 14.0. The molecule has 1 aromatic carbocycles. The van der Waals surface area contributed by atoms with Gasteiger partial charge in [0.25, 0.3) is 0 Å². The number of nitrogens with one attached hydrogen (secondary N) is 2. The third-order valence-corrected chi connectivity index (χ3v) is 3.97. The first-order valence-electron chi connectivity index (χ1n) is 7.45. The van der Waals surface area contributed by atoms with Gasteiger partial charge in [-0.05, 0) is 30.4 Å². The first-order chi connectivity index (χ1) is 10.3. The molecule has 0 fully saturated rings. The predicted octanol–water partition coefficient (Wildman–Crippen LogP) is 2.29. The molecule has 1 aliphatic rings. The molecule has 21 heavy (non-hydrogen) atoms. The lowest BCUT2D eigenvalue weighted by atomic mass is 10.1. The zero-order valence-corrected chi connectivity index (χ0v) is 12.3. The minimum Gasteiger partial charge on any atom is -0.366 e. The van der Waals surface area contributed by atoms with Gasteiger partial charge in [-0.25, -0.2) is 15.8 Å². The van der Waals surface area contributed by atoms with E-state index in [0.29, 0.717) is 11.9 Å². The summed E-state index contributed by atoms with van der Waals surface area (Å²) in [6, 6.07) is 9.00. The molecule has 0 saturated heterocycles. The molecule has 3 rings (SSSR count). The van der Waals surface area contributed by atoms with Crippen LogP contribution in [0.4, 0.5) is 11.6 Å². The largest absolute Gasteiger partial charge is 0.366 e. The van der Waals surface area contributed by atoms with Crippen LogP contribution in [0.2, 0.25) is 0 Å². The molecular weight excluding hydrogens is 262 g/mol. The van der Waals surface area contributed by atoms with E-state index < -0.39 is 0 Å². The van der Waals surface area contributed by atoms with Crippen LogP contribution < -0.4 is 16.6 Å². The Kier molecular flexibility index (Phi) is 4.01. The second-order valence-electron chi connectivity index (χ2n) is 5.46. The topological polar surface area (TPSA) is 75.9 Å². The average molecular weight is 283 g/mol. The van der Waals surface area contributed by atoms with Gasteiger partial charge in [0.15, 0.2) is 0 Å². The number of fused-ring (bicyclic) bond motifs is 1. The summed E-state index contributed by atoms with van der Waals surface area (Å²) in [5.74, 6) is 7.17. The Morgan fingerprint density at radius 2 is 1.81 bits per heavy atom. The number of anilines is 2. The predicted molar refractivity (Wildman–Crippen MR) is 85.1 cm³/mol. The van der Waals surface area contributed by atoms with Gasteiger partial charge in [0.1, 0.15) is 18.0 Å². The maximum absolute atomic E-state index is 5.56. The molecule has 1 aromatic heterocycles. The Bertz CT molecular complexity index is 601. The molecule has 1 aliphatic carbocycles. The average Bonchev–Trinajstić information content (AvgIpc) is 2.91. The number of hydrogen-bond donors (Lipinski definition) is 3. The number of hydrazine groups is 1. The van der Waals surface area contributed by atoms with Crippen molar-refractivity contribution in [3.05, 3.63) is 47.3 Å². The molecule has 0 unspecified atom stereocenters. The highest BCUT2D eigenvalue weighted by atomic mass is 15.3. The highest BCUT2D eigenvalue weighted by molar-refractivity contribution is 5.58. The van der Waals surface area contributed by atoms with Crippen molar-refractivity contribution in [2.75, 3.05) is 10.7 Å². The smallest absolute Gasteiger partial charge is 0.148 e. The van der Waals surface area contributed by atoms with E-state index in [9.17, 15) is 0 Å². The molecule has 4 N–H and O–H groups in total. The maximum Gasteiger partial charge on any atom is 0.148 e. The SMILES string of the molecule is CCCc1c(NN)ncnc1NC1Cc2ccccc2C1. The molecule has 5 heteroatoms. The lowest BCUT2D eigenvalue weighted by molar-refractivity contribution is 0.761. The van der Waals surface area contributed by atoms with Gasteiger partial charge in [-0.15, -0.1) is 0 Å². The third-order valence-electron chi connectivity index (χ3n) is 3.97. The van der Waals surface area contributed by atoms with E-state index in [2.05, 4.69) is 51.9 Å². The van der Waals surface area contributed by atoms with Crippen LogP contribution in [0.5, 0.6) is 0 Å². The Morgan fingerprint density at radius 3 is 2.43 bits per heavy atom. The molecule has 0 bridgehead atoms. The van der Waals surface area contributed by atoms with E-state index in [0.717, 1.165) is 37.1 Å². The van der Waals surface area contributed by atoms with E-state index in [-0.39, 0.29) is 0 Å². The van der Waals surface area contributed by atoms with E-state index in [1.807, 2.05) is 0 Å². The van der Waals surface area contributed by atoms with E-state index in [4.69, 9.17) is 5.84 Å². The van der Waals surface area contributed by atoms with Gasteiger partial charge in [-0.1, -0.05) is 37.6 Å². The molecule has 0 aliphatic heterocycles. The number of hydrogen-bond acceptors (Lipinski definition) is 5. The summed E-state index contributed by atoms with van der Waals surface area (Å²) >= 11 is 0. The summed E-state index contributed by atoms with van der Waals surface area (Å²) in [4.78, 5) is 8.62. The summed E-state index contributed by atoms with van der Waals surface area (Å²) in [5.41, 5.74) is 6.60. The summed E-state index contributed by atoms with van der Waals surface area (Å²) in [6.07, 6.45) is 5.57. The molecule has 0 amide bonds. The Labute approximate surface area is 125 Å². The van der Waals surface area contributed by atoms with Crippen LogP contribution in [0.15, 0.2) is 30.6 Å². The van der Waals surface area contributed by atoms with Crippen molar-refractivity contribution in [1.29, 1.82) is 0 Å². The van der Waals surface area contributed by atoms with E-state index >= 15 is 0 Å². The van der Waals surface area contributed by atoms with Crippen LogP contribution in [0.1, 0.15) is 30.0 Å². The fourth-order valence-corrected chi connectivity index (χ4v) is 3.00. The van der Waals surface area contributed by atoms with Gasteiger partial charge in [0.2, 0.25) is 0 Å². The number of rotatable bonds is 5. The van der Waals surface area contributed by atoms with Gasteiger partial charge in [-0.3, -0.25) is 0 Å². The van der Waals surface area contributed by atoms with Gasteiger partial charge >= 0.3 is 0 Å². The minimum atomic E-state index is 0.388. The summed E-state index contributed by atoms with van der Waals surface area (Å²) in [5, 5.41) is 3.57. The van der Waals surface area contributed by atoms with Crippen LogP contribution in [0, 0.1) is 0 Å². The first-order valence-corrected chi connectivity index (χ1v) is 7.45. The molecule has 0 atom stereocenters. The van der Waals surface area contributed by atoms with Crippen LogP contribution in [-0.4, -0.2) is 16.0 Å². The van der Waals surface area contributed by atoms with Gasteiger partial charge in [0, 0.05) is 11.6 Å². The number of nitrogens with two attached hydrogens (primary N) is 1. The molecular formula is C16H21N5. The molecule has 2 aromatic rings. The van der Waals surface area contributed by atoms with Gasteiger partial charge < -0.3 is 10.7 Å². The van der Waals surface area contributed by atoms with Crippen molar-refractivity contribution in [3.8, 4) is 0 Å². The molecule has 0 radical (unpaired) electrons. The van der Waals surface area contributed by atoms with Crippen molar-refractivity contribution in [1.82, 2.24) is 9.97 Å². The highest BCUT2D eigenvalue weighted by Crippen LogP contribution is 2.27. The van der Waals surface area contributed by atoms with Gasteiger partial charge in [0.05, 0.1) is 0 Å². The standard InChI is InChI=1S/C16H21N5/c1-2-5-14-15(18-10-19-16(14)21-17)20-13-8-11-6-3-4-7-12(11)9-13/h3-4,6-7,10,13H,2,5,8-9,17H2,1H3,(H2,18,19,20,21). The first kappa shape index (κ1) is 13.8. The number of nitrogens with zero attached hydrogens (tertiary/aromatic N) is 2. The summed E-state index contributed by atoms with van der Waals surface area (Å²) in [7, 11) is 0. The number of aromatic nitrogens is 2. The molecule has 5 nitrogen and oxygen atoms in total. The quantitative estimate of drug-likeness (QED) is 0.580. The fraction of sp³-hybridized carbons (Fsp3) is 0.375. The van der Waals surface area contributed by atoms with Crippen LogP contribution in [0.25, 0.3) is 0 Å². The van der Waals surface area contributed by atoms with Crippen LogP contribution in [0.3, 0.4) is 0 Å². The van der Waals surface area contributed by atoms with Crippen molar-refractivity contribution in [2.24, 2.45) is 5.84 Å². The second-order valence-corrected chi connectivity index (χ2v) is 5.46. The lowest BCUT2D eigenvalue weighted by Crippen LogP contribution is -2.22. The number of benzene rings is 1. The molecule has 110 valence electrons. The summed E-state index contributed by atoms with van der Waals surface area (Å²) < 4.78 is 0. The molecule has 0 saturated carbocycles. The van der Waals surface area contributed by atoms with Crippen molar-refractivity contribution in [2.45, 2.75) is 38.6 Å². The third kappa shape index (κ3) is 2.83. The molecule has 0 spiro atoms. The van der Waals surface area contributed by atoms with Crippen molar-refractivity contribution >= 4 is 11.6 Å². The van der Waals surface area contributed by atoms with Crippen LogP contribution in [-0.2, 0) is 19.3 Å². The Balaban J connectivity index is 1.80. The van der Waals surface area contributed by atoms with E-state index in [1.54, 1.807) is 6.33 Å². The molecule has 1 heterocycles. The van der Waals surface area contributed by atoms with Gasteiger partial charge in [-0.2, -0.15) is 0 Å². The lowest BCUT2D eigenvalue weighted by Gasteiger charge is -2.17. The van der Waals surface area contributed by atoms with E-state index in [1.165, 1.54) is 11.1 Å². The maximum atomic E-state index is 5.56. The van der Waals surface area contributed by atoms with Crippen molar-refractivity contribution < 1.29 is 0 Å². The second kappa shape index (κ2) is 6.10. The fourth-order valence-electron chi connectivity index (χ4n) is 3.00. The zero-order chi connectivity index (χ0) is 14.7. The monoisotopic (exact) mass is 283 g/mol. The Morgan fingerprint density at radius 1 is 1.14 bits per heavy atom. The minimum absolute atomic E-state index is 0.388. The highest BCUT2D eigenvalue weighted by Gasteiger charge is 2.22. The van der Waals surface area contributed by atoms with Crippen molar-refractivity contribution in [3.63, 3.8) is 0 Å². The Hall–Kier alpha value is -2.14. The summed E-state index contributed by atoms with van der Waals surface area (Å²) in [6.45, 7) is 2.14. The zero-order valence-electron chi connectivity index (χ0n) is 12.3.